The molecule has 2 rings (SSSR count). The Labute approximate surface area is 111 Å². The summed E-state index contributed by atoms with van der Waals surface area (Å²) in [5, 5.41) is 11.9. The highest BCUT2D eigenvalue weighted by atomic mass is 35.5. The molecule has 2 aliphatic heterocycles. The second kappa shape index (κ2) is 4.90. The van der Waals surface area contributed by atoms with Crippen molar-refractivity contribution < 1.29 is 18.7 Å². The van der Waals surface area contributed by atoms with Gasteiger partial charge in [0.05, 0.1) is 18.0 Å². The Morgan fingerprint density at radius 3 is 2.72 bits per heavy atom. The van der Waals surface area contributed by atoms with E-state index in [0.29, 0.717) is 13.0 Å². The molecule has 0 amide bonds. The fourth-order valence-electron chi connectivity index (χ4n) is 2.76. The molecule has 0 spiro atoms. The van der Waals surface area contributed by atoms with E-state index in [1.54, 1.807) is 18.7 Å². The van der Waals surface area contributed by atoms with Gasteiger partial charge in [-0.05, 0) is 20.3 Å². The molecular formula is C11H19ClF2N2O2. The van der Waals surface area contributed by atoms with E-state index in [1.807, 2.05) is 0 Å². The van der Waals surface area contributed by atoms with E-state index in [0.717, 1.165) is 0 Å². The lowest BCUT2D eigenvalue weighted by atomic mass is 9.92. The smallest absolute Gasteiger partial charge is 0.310 e. The highest BCUT2D eigenvalue weighted by Gasteiger charge is 2.56. The van der Waals surface area contributed by atoms with Gasteiger partial charge >= 0.3 is 5.97 Å². The summed E-state index contributed by atoms with van der Waals surface area (Å²) in [5.74, 6) is -3.70. The van der Waals surface area contributed by atoms with Crippen molar-refractivity contribution in [2.24, 2.45) is 5.41 Å². The van der Waals surface area contributed by atoms with Crippen LogP contribution in [0.5, 0.6) is 0 Å². The standard InChI is InChI=1S/C11H18F2N2O2.ClH/c1-10(2,9(16)17)6-15-4-3-7-8(15)11(12,13)5-14-7;/h7-8,14H,3-6H2,1-2H3,(H,16,17);1H/t7-,8+;/m0./s1. The summed E-state index contributed by atoms with van der Waals surface area (Å²) in [4.78, 5) is 12.7. The molecular weight excluding hydrogens is 266 g/mol. The van der Waals surface area contributed by atoms with Crippen molar-refractivity contribution in [2.75, 3.05) is 19.6 Å². The molecule has 0 aliphatic carbocycles. The molecule has 2 saturated heterocycles. The highest BCUT2D eigenvalue weighted by Crippen LogP contribution is 2.37. The number of aliphatic carboxylic acids is 1. The lowest BCUT2D eigenvalue weighted by molar-refractivity contribution is -0.149. The lowest BCUT2D eigenvalue weighted by Crippen LogP contribution is -2.49. The van der Waals surface area contributed by atoms with Gasteiger partial charge in [-0.25, -0.2) is 8.78 Å². The van der Waals surface area contributed by atoms with Crippen LogP contribution in [-0.2, 0) is 4.79 Å². The number of alkyl halides is 2. The van der Waals surface area contributed by atoms with Crippen molar-refractivity contribution in [3.8, 4) is 0 Å². The van der Waals surface area contributed by atoms with Gasteiger partial charge in [-0.2, -0.15) is 0 Å². The van der Waals surface area contributed by atoms with Crippen molar-refractivity contribution >= 4 is 18.4 Å². The number of carboxylic acids is 1. The second-order valence-electron chi connectivity index (χ2n) is 5.64. The zero-order valence-electron chi connectivity index (χ0n) is 10.4. The number of hydrogen-bond donors (Lipinski definition) is 2. The zero-order valence-corrected chi connectivity index (χ0v) is 11.3. The first-order chi connectivity index (χ1) is 7.74. The average molecular weight is 285 g/mol. The minimum Gasteiger partial charge on any atom is -0.481 e. The van der Waals surface area contributed by atoms with E-state index in [1.165, 1.54) is 0 Å². The molecule has 2 fully saturated rings. The number of halogens is 3. The van der Waals surface area contributed by atoms with Gasteiger partial charge in [0.15, 0.2) is 0 Å². The molecule has 0 saturated carbocycles. The fraction of sp³-hybridized carbons (Fsp3) is 0.909. The average Bonchev–Trinajstić information content (AvgIpc) is 2.69. The van der Waals surface area contributed by atoms with Crippen LogP contribution in [-0.4, -0.2) is 53.6 Å². The van der Waals surface area contributed by atoms with Crippen LogP contribution in [0.4, 0.5) is 8.78 Å². The van der Waals surface area contributed by atoms with Crippen LogP contribution < -0.4 is 5.32 Å². The van der Waals surface area contributed by atoms with Gasteiger partial charge in [0, 0.05) is 19.1 Å². The molecule has 0 aromatic heterocycles. The molecule has 4 nitrogen and oxygen atoms in total. The van der Waals surface area contributed by atoms with Crippen LogP contribution in [0.3, 0.4) is 0 Å². The summed E-state index contributed by atoms with van der Waals surface area (Å²) < 4.78 is 27.3. The van der Waals surface area contributed by atoms with Crippen molar-refractivity contribution in [1.82, 2.24) is 10.2 Å². The molecule has 0 aromatic rings. The van der Waals surface area contributed by atoms with Gasteiger partial charge in [-0.1, -0.05) is 0 Å². The quantitative estimate of drug-likeness (QED) is 0.818. The van der Waals surface area contributed by atoms with Crippen LogP contribution in [0, 0.1) is 5.41 Å². The van der Waals surface area contributed by atoms with E-state index >= 15 is 0 Å². The maximum Gasteiger partial charge on any atom is 0.310 e. The van der Waals surface area contributed by atoms with Crippen molar-refractivity contribution in [3.63, 3.8) is 0 Å². The fourth-order valence-corrected chi connectivity index (χ4v) is 2.76. The van der Waals surface area contributed by atoms with Crippen LogP contribution in [0.1, 0.15) is 20.3 Å². The predicted octanol–water partition coefficient (Wildman–Crippen LogP) is 1.20. The summed E-state index contributed by atoms with van der Waals surface area (Å²) in [6.45, 7) is 3.55. The Kier molecular flexibility index (Phi) is 4.25. The van der Waals surface area contributed by atoms with E-state index in [2.05, 4.69) is 5.32 Å². The third-order valence-electron chi connectivity index (χ3n) is 3.71. The number of nitrogens with one attached hydrogen (secondary N) is 1. The topological polar surface area (TPSA) is 52.6 Å². The Morgan fingerprint density at radius 1 is 1.56 bits per heavy atom. The van der Waals surface area contributed by atoms with Crippen LogP contribution in [0.2, 0.25) is 0 Å². The first-order valence-corrected chi connectivity index (χ1v) is 5.83. The number of fused-ring (bicyclic) bond motifs is 1. The normalized spacial score (nSPS) is 30.9. The molecule has 2 heterocycles. The number of rotatable bonds is 3. The summed E-state index contributed by atoms with van der Waals surface area (Å²) in [5.41, 5.74) is -0.993. The van der Waals surface area contributed by atoms with E-state index < -0.39 is 23.3 Å². The Hall–Kier alpha value is -0.460. The number of likely N-dealkylation sites (tertiary alicyclic amines) is 1. The van der Waals surface area contributed by atoms with Gasteiger partial charge < -0.3 is 10.4 Å². The number of nitrogens with zero attached hydrogens (tertiary/aromatic N) is 1. The monoisotopic (exact) mass is 284 g/mol. The minimum atomic E-state index is -2.75. The Balaban J connectivity index is 0.00000162. The van der Waals surface area contributed by atoms with E-state index in [9.17, 15) is 13.6 Å². The maximum absolute atomic E-state index is 13.7. The van der Waals surface area contributed by atoms with Crippen molar-refractivity contribution in [2.45, 2.75) is 38.3 Å². The summed E-state index contributed by atoms with van der Waals surface area (Å²) in [6.07, 6.45) is 0.663. The van der Waals surface area contributed by atoms with Gasteiger partial charge in [0.25, 0.3) is 5.92 Å². The number of carbonyl (C=O) groups is 1. The van der Waals surface area contributed by atoms with Gasteiger partial charge in [-0.15, -0.1) is 12.4 Å². The maximum atomic E-state index is 13.7. The highest BCUT2D eigenvalue weighted by molar-refractivity contribution is 5.85. The zero-order chi connectivity index (χ0) is 12.8. The lowest BCUT2D eigenvalue weighted by Gasteiger charge is -2.32. The third kappa shape index (κ3) is 2.60. The van der Waals surface area contributed by atoms with Gasteiger partial charge in [0.2, 0.25) is 0 Å². The SMILES string of the molecule is CC(C)(CN1CC[C@@H]2NCC(F)(F)[C@@H]21)C(=O)O.Cl. The number of hydrogen-bond acceptors (Lipinski definition) is 3. The first-order valence-electron chi connectivity index (χ1n) is 5.83. The first kappa shape index (κ1) is 15.6. The second-order valence-corrected chi connectivity index (χ2v) is 5.64. The molecule has 2 aliphatic rings. The Morgan fingerprint density at radius 2 is 2.17 bits per heavy atom. The summed E-state index contributed by atoms with van der Waals surface area (Å²) in [7, 11) is 0. The van der Waals surface area contributed by atoms with Crippen LogP contribution in [0.15, 0.2) is 0 Å². The molecule has 7 heteroatoms. The molecule has 2 N–H and O–H groups in total. The molecule has 18 heavy (non-hydrogen) atoms. The van der Waals surface area contributed by atoms with Gasteiger partial charge in [0.1, 0.15) is 0 Å². The largest absolute Gasteiger partial charge is 0.481 e. The molecule has 2 atom stereocenters. The Bertz CT molecular complexity index is 339. The molecule has 0 aromatic carbocycles. The van der Waals surface area contributed by atoms with Crippen LogP contribution >= 0.6 is 12.4 Å². The van der Waals surface area contributed by atoms with Crippen LogP contribution in [0.25, 0.3) is 0 Å². The molecule has 0 unspecified atom stereocenters. The molecule has 106 valence electrons. The van der Waals surface area contributed by atoms with E-state index in [-0.39, 0.29) is 31.5 Å². The van der Waals surface area contributed by atoms with E-state index in [4.69, 9.17) is 5.11 Å². The third-order valence-corrected chi connectivity index (χ3v) is 3.71. The predicted molar refractivity (Wildman–Crippen MR) is 65.4 cm³/mol. The molecule has 0 radical (unpaired) electrons. The summed E-state index contributed by atoms with van der Waals surface area (Å²) in [6, 6.07) is -1.05. The van der Waals surface area contributed by atoms with Gasteiger partial charge in [-0.3, -0.25) is 9.69 Å². The van der Waals surface area contributed by atoms with Crippen molar-refractivity contribution in [1.29, 1.82) is 0 Å². The van der Waals surface area contributed by atoms with Crippen molar-refractivity contribution in [3.05, 3.63) is 0 Å². The summed E-state index contributed by atoms with van der Waals surface area (Å²) >= 11 is 0. The number of carboxylic acid groups (broad SMARTS) is 1. The minimum absolute atomic E-state index is 0. The molecule has 0 bridgehead atoms.